The fourth-order valence-electron chi connectivity index (χ4n) is 4.14. The summed E-state index contributed by atoms with van der Waals surface area (Å²) in [7, 11) is 0. The van der Waals surface area contributed by atoms with E-state index in [1.807, 2.05) is 20.8 Å². The molecule has 134 valence electrons. The molecule has 1 amide bonds. The Morgan fingerprint density at radius 2 is 1.91 bits per heavy atom. The van der Waals surface area contributed by atoms with Gasteiger partial charge in [-0.2, -0.15) is 0 Å². The molecule has 2 aliphatic carbocycles. The Hall–Kier alpha value is -0.770. The van der Waals surface area contributed by atoms with Crippen molar-refractivity contribution in [3.05, 3.63) is 0 Å². The first-order valence-corrected chi connectivity index (χ1v) is 9.27. The standard InChI is InChI=1S/C19H36N2O2/c1-13-9-15(11-19(5,6)10-13)21-16(14-7-8-14)12-20-17(22)23-18(2,3)4/h13-16,21H,7-12H2,1-6H3,(H,20,22). The third-order valence-corrected chi connectivity index (χ3v) is 4.89. The van der Waals surface area contributed by atoms with Gasteiger partial charge in [-0.15, -0.1) is 0 Å². The highest BCUT2D eigenvalue weighted by Crippen LogP contribution is 2.40. The molecule has 2 fully saturated rings. The van der Waals surface area contributed by atoms with E-state index in [0.29, 0.717) is 30.0 Å². The fourth-order valence-corrected chi connectivity index (χ4v) is 4.14. The molecule has 0 aromatic carbocycles. The molecule has 0 aromatic rings. The minimum absolute atomic E-state index is 0.303. The van der Waals surface area contributed by atoms with Crippen molar-refractivity contribution >= 4 is 6.09 Å². The summed E-state index contributed by atoms with van der Waals surface area (Å²) in [5.74, 6) is 1.49. The molecule has 0 heterocycles. The molecule has 0 bridgehead atoms. The lowest BCUT2D eigenvalue weighted by molar-refractivity contribution is 0.0516. The molecule has 23 heavy (non-hydrogen) atoms. The van der Waals surface area contributed by atoms with Gasteiger partial charge in [0.1, 0.15) is 5.60 Å². The van der Waals surface area contributed by atoms with E-state index in [-0.39, 0.29) is 6.09 Å². The van der Waals surface area contributed by atoms with Crippen LogP contribution in [-0.2, 0) is 4.74 Å². The minimum atomic E-state index is -0.435. The van der Waals surface area contributed by atoms with E-state index < -0.39 is 5.60 Å². The van der Waals surface area contributed by atoms with E-state index in [1.54, 1.807) is 0 Å². The van der Waals surface area contributed by atoms with Crippen molar-refractivity contribution < 1.29 is 9.53 Å². The average Bonchev–Trinajstić information content (AvgIpc) is 3.13. The molecule has 3 atom stereocenters. The lowest BCUT2D eigenvalue weighted by Gasteiger charge is -2.41. The van der Waals surface area contributed by atoms with Crippen molar-refractivity contribution in [2.45, 2.75) is 91.3 Å². The zero-order valence-electron chi connectivity index (χ0n) is 15.9. The summed E-state index contributed by atoms with van der Waals surface area (Å²) in [5.41, 5.74) is -0.0164. The summed E-state index contributed by atoms with van der Waals surface area (Å²) in [6.07, 6.45) is 6.04. The highest BCUT2D eigenvalue weighted by molar-refractivity contribution is 5.67. The van der Waals surface area contributed by atoms with Crippen molar-refractivity contribution in [3.63, 3.8) is 0 Å². The number of carbonyl (C=O) groups excluding carboxylic acids is 1. The topological polar surface area (TPSA) is 50.4 Å². The summed E-state index contributed by atoms with van der Waals surface area (Å²) < 4.78 is 5.35. The lowest BCUT2D eigenvalue weighted by Crippen LogP contribution is -2.50. The molecule has 0 aliphatic heterocycles. The third kappa shape index (κ3) is 6.70. The average molecular weight is 325 g/mol. The zero-order valence-corrected chi connectivity index (χ0v) is 15.9. The van der Waals surface area contributed by atoms with Crippen LogP contribution in [0, 0.1) is 17.3 Å². The maximum Gasteiger partial charge on any atom is 0.407 e. The minimum Gasteiger partial charge on any atom is -0.444 e. The molecular formula is C19H36N2O2. The van der Waals surface area contributed by atoms with Crippen molar-refractivity contribution in [1.82, 2.24) is 10.6 Å². The van der Waals surface area contributed by atoms with Crippen LogP contribution in [0.1, 0.15) is 73.6 Å². The summed E-state index contributed by atoms with van der Waals surface area (Å²) in [6.45, 7) is 13.5. The van der Waals surface area contributed by atoms with E-state index in [9.17, 15) is 4.79 Å². The van der Waals surface area contributed by atoms with Crippen molar-refractivity contribution in [2.24, 2.45) is 17.3 Å². The number of amides is 1. The fraction of sp³-hybridized carbons (Fsp3) is 0.947. The van der Waals surface area contributed by atoms with Gasteiger partial charge in [-0.05, 0) is 70.1 Å². The van der Waals surface area contributed by atoms with Gasteiger partial charge in [0, 0.05) is 18.6 Å². The lowest BCUT2D eigenvalue weighted by atomic mass is 9.70. The van der Waals surface area contributed by atoms with Gasteiger partial charge >= 0.3 is 6.09 Å². The normalized spacial score (nSPS) is 29.0. The smallest absolute Gasteiger partial charge is 0.407 e. The largest absolute Gasteiger partial charge is 0.444 e. The molecular weight excluding hydrogens is 288 g/mol. The quantitative estimate of drug-likeness (QED) is 0.800. The Morgan fingerprint density at radius 3 is 2.43 bits per heavy atom. The Balaban J connectivity index is 1.83. The van der Waals surface area contributed by atoms with Crippen LogP contribution >= 0.6 is 0 Å². The van der Waals surface area contributed by atoms with Crippen LogP contribution in [0.25, 0.3) is 0 Å². The maximum atomic E-state index is 11.9. The second-order valence-corrected chi connectivity index (χ2v) is 9.60. The number of hydrogen-bond acceptors (Lipinski definition) is 3. The van der Waals surface area contributed by atoms with E-state index in [0.717, 1.165) is 5.92 Å². The van der Waals surface area contributed by atoms with E-state index in [1.165, 1.54) is 32.1 Å². The SMILES string of the molecule is CC1CC(NC(CNC(=O)OC(C)(C)C)C2CC2)CC(C)(C)C1. The van der Waals surface area contributed by atoms with Crippen LogP contribution in [0.4, 0.5) is 4.79 Å². The molecule has 0 aromatic heterocycles. The van der Waals surface area contributed by atoms with E-state index >= 15 is 0 Å². The van der Waals surface area contributed by atoms with Crippen molar-refractivity contribution in [1.29, 1.82) is 0 Å². The first-order chi connectivity index (χ1) is 10.5. The first kappa shape index (κ1) is 18.6. The van der Waals surface area contributed by atoms with E-state index in [4.69, 9.17) is 4.74 Å². The van der Waals surface area contributed by atoms with Crippen LogP contribution in [0.15, 0.2) is 0 Å². The number of nitrogens with one attached hydrogen (secondary N) is 2. The predicted molar refractivity (Wildman–Crippen MR) is 94.5 cm³/mol. The molecule has 0 spiro atoms. The van der Waals surface area contributed by atoms with Crippen molar-refractivity contribution in [3.8, 4) is 0 Å². The van der Waals surface area contributed by atoms with Gasteiger partial charge in [0.15, 0.2) is 0 Å². The van der Waals surface area contributed by atoms with Crippen LogP contribution in [0.3, 0.4) is 0 Å². The summed E-state index contributed by atoms with van der Waals surface area (Å²) in [5, 5.41) is 6.81. The predicted octanol–water partition coefficient (Wildman–Crippen LogP) is 4.09. The summed E-state index contributed by atoms with van der Waals surface area (Å²) >= 11 is 0. The van der Waals surface area contributed by atoms with Gasteiger partial charge in [-0.3, -0.25) is 0 Å². The van der Waals surface area contributed by atoms with Crippen LogP contribution in [0.2, 0.25) is 0 Å². The molecule has 3 unspecified atom stereocenters. The Bertz CT molecular complexity index is 410. The molecule has 4 nitrogen and oxygen atoms in total. The van der Waals surface area contributed by atoms with Crippen molar-refractivity contribution in [2.75, 3.05) is 6.54 Å². The molecule has 2 N–H and O–H groups in total. The maximum absolute atomic E-state index is 11.9. The van der Waals surface area contributed by atoms with Gasteiger partial charge in [-0.1, -0.05) is 20.8 Å². The van der Waals surface area contributed by atoms with Crippen LogP contribution < -0.4 is 10.6 Å². The number of carbonyl (C=O) groups is 1. The number of alkyl carbamates (subject to hydrolysis) is 1. The summed E-state index contributed by atoms with van der Waals surface area (Å²) in [4.78, 5) is 11.9. The number of ether oxygens (including phenoxy) is 1. The Kier molecular flexibility index (Phi) is 5.65. The molecule has 2 rings (SSSR count). The van der Waals surface area contributed by atoms with Gasteiger partial charge in [-0.25, -0.2) is 4.79 Å². The van der Waals surface area contributed by atoms with Gasteiger partial charge in [0.05, 0.1) is 0 Å². The van der Waals surface area contributed by atoms with Gasteiger partial charge in [0.2, 0.25) is 0 Å². The second kappa shape index (κ2) is 7.00. The number of hydrogen-bond donors (Lipinski definition) is 2. The van der Waals surface area contributed by atoms with Gasteiger partial charge < -0.3 is 15.4 Å². The molecule has 2 saturated carbocycles. The molecule has 0 saturated heterocycles. The highest BCUT2D eigenvalue weighted by atomic mass is 16.6. The van der Waals surface area contributed by atoms with Crippen LogP contribution in [0.5, 0.6) is 0 Å². The second-order valence-electron chi connectivity index (χ2n) is 9.60. The first-order valence-electron chi connectivity index (χ1n) is 9.27. The summed E-state index contributed by atoms with van der Waals surface area (Å²) in [6, 6.07) is 0.952. The third-order valence-electron chi connectivity index (χ3n) is 4.89. The Morgan fingerprint density at radius 1 is 1.26 bits per heavy atom. The van der Waals surface area contributed by atoms with E-state index in [2.05, 4.69) is 31.4 Å². The Labute approximate surface area is 142 Å². The molecule has 0 radical (unpaired) electrons. The van der Waals surface area contributed by atoms with Crippen LogP contribution in [-0.4, -0.2) is 30.3 Å². The monoisotopic (exact) mass is 324 g/mol. The molecule has 4 heteroatoms. The highest BCUT2D eigenvalue weighted by Gasteiger charge is 2.37. The zero-order chi connectivity index (χ0) is 17.3. The number of rotatable bonds is 5. The molecule has 2 aliphatic rings. The van der Waals surface area contributed by atoms with Gasteiger partial charge in [0.25, 0.3) is 0 Å².